The van der Waals surface area contributed by atoms with Crippen molar-refractivity contribution in [3.63, 3.8) is 0 Å². The smallest absolute Gasteiger partial charge is 0.376 e. The van der Waals surface area contributed by atoms with Gasteiger partial charge in [-0.2, -0.15) is 0 Å². The first-order valence-electron chi connectivity index (χ1n) is 3.41. The van der Waals surface area contributed by atoms with Crippen LogP contribution >= 0.6 is 34.5 Å². The number of carboxylic acids is 1. The topological polar surface area (TPSA) is 54.4 Å². The lowest BCUT2D eigenvalue weighted by atomic mass is 10.2. The molecule has 74 valence electrons. The molecule has 0 radical (unpaired) electrons. The molecule has 0 fully saturated rings. The molecule has 1 rings (SSSR count). The fraction of sp³-hybridized carbons (Fsp3) is 0. The van der Waals surface area contributed by atoms with Gasteiger partial charge in [0, 0.05) is 5.56 Å². The first-order chi connectivity index (χ1) is 6.50. The maximum atomic E-state index is 10.7. The van der Waals surface area contributed by atoms with Gasteiger partial charge in [-0.3, -0.25) is 4.79 Å². The molecule has 6 heteroatoms. The van der Waals surface area contributed by atoms with Crippen molar-refractivity contribution in [2.45, 2.75) is 0 Å². The third kappa shape index (κ3) is 2.83. The summed E-state index contributed by atoms with van der Waals surface area (Å²) in [6.07, 6.45) is 2.26. The van der Waals surface area contributed by atoms with E-state index in [0.29, 0.717) is 14.2 Å². The summed E-state index contributed by atoms with van der Waals surface area (Å²) in [5.41, 5.74) is 0.538. The zero-order valence-corrected chi connectivity index (χ0v) is 8.99. The molecule has 1 N–H and O–H groups in total. The molecule has 0 amide bonds. The molecule has 0 aromatic carbocycles. The normalized spacial score (nSPS) is 10.7. The van der Waals surface area contributed by atoms with Crippen molar-refractivity contribution in [2.75, 3.05) is 0 Å². The van der Waals surface area contributed by atoms with E-state index >= 15 is 0 Å². The Kier molecular flexibility index (Phi) is 3.69. The lowest BCUT2D eigenvalue weighted by Gasteiger charge is -1.86. The molecule has 0 bridgehead atoms. The van der Waals surface area contributed by atoms with E-state index in [1.165, 1.54) is 6.08 Å². The second-order valence-corrected chi connectivity index (χ2v) is 4.57. The Hall–Kier alpha value is -0.840. The Morgan fingerprint density at radius 1 is 1.43 bits per heavy atom. The summed E-state index contributed by atoms with van der Waals surface area (Å²) in [7, 11) is 0. The van der Waals surface area contributed by atoms with Crippen molar-refractivity contribution >= 4 is 52.4 Å². The number of thiophene rings is 1. The Morgan fingerprint density at radius 2 is 2.07 bits per heavy atom. The van der Waals surface area contributed by atoms with Crippen LogP contribution in [0.1, 0.15) is 5.56 Å². The van der Waals surface area contributed by atoms with E-state index in [1.807, 2.05) is 0 Å². The van der Waals surface area contributed by atoms with Crippen LogP contribution in [0.3, 0.4) is 0 Å². The third-order valence-electron chi connectivity index (χ3n) is 1.31. The summed E-state index contributed by atoms with van der Waals surface area (Å²) in [5, 5.41) is 8.28. The van der Waals surface area contributed by atoms with Crippen molar-refractivity contribution in [1.82, 2.24) is 0 Å². The molecule has 0 aliphatic rings. The molecular weight excluding hydrogens is 247 g/mol. The highest BCUT2D eigenvalue weighted by Crippen LogP contribution is 2.31. The second kappa shape index (κ2) is 4.59. The Morgan fingerprint density at radius 3 is 2.50 bits per heavy atom. The zero-order valence-electron chi connectivity index (χ0n) is 6.66. The van der Waals surface area contributed by atoms with Gasteiger partial charge in [-0.25, -0.2) is 4.79 Å². The van der Waals surface area contributed by atoms with Gasteiger partial charge in [0.05, 0.1) is 4.34 Å². The molecule has 3 nitrogen and oxygen atoms in total. The standard InChI is InChI=1S/C8H4Cl2O3S/c9-6-3-4(7(10)14-6)1-2-5(11)8(12)13/h1-3H,(H,12,13)/b2-1+. The molecule has 1 aromatic heterocycles. The first-order valence-corrected chi connectivity index (χ1v) is 4.98. The fourth-order valence-corrected chi connectivity index (χ4v) is 2.14. The molecule has 0 spiro atoms. The molecule has 0 saturated carbocycles. The molecule has 1 aromatic rings. The van der Waals surface area contributed by atoms with Crippen molar-refractivity contribution < 1.29 is 14.7 Å². The fourth-order valence-electron chi connectivity index (χ4n) is 0.703. The third-order valence-corrected chi connectivity index (χ3v) is 2.83. The van der Waals surface area contributed by atoms with Crippen LogP contribution in [-0.4, -0.2) is 16.9 Å². The summed E-state index contributed by atoms with van der Waals surface area (Å²) in [4.78, 5) is 20.8. The van der Waals surface area contributed by atoms with E-state index in [2.05, 4.69) is 0 Å². The average Bonchev–Trinajstić information content (AvgIpc) is 2.40. The number of carboxylic acid groups (broad SMARTS) is 1. The molecule has 14 heavy (non-hydrogen) atoms. The maximum absolute atomic E-state index is 10.7. The van der Waals surface area contributed by atoms with Gasteiger partial charge in [0.1, 0.15) is 4.34 Å². The Bertz CT molecular complexity index is 409. The van der Waals surface area contributed by atoms with Crippen LogP contribution in [0, 0.1) is 0 Å². The molecule has 0 aliphatic carbocycles. The van der Waals surface area contributed by atoms with Gasteiger partial charge < -0.3 is 5.11 Å². The number of rotatable bonds is 3. The summed E-state index contributed by atoms with van der Waals surface area (Å²) in [6, 6.07) is 1.56. The molecule has 0 aliphatic heterocycles. The van der Waals surface area contributed by atoms with Gasteiger partial charge in [-0.15, -0.1) is 11.3 Å². The minimum atomic E-state index is -1.50. The molecule has 0 atom stereocenters. The summed E-state index contributed by atoms with van der Waals surface area (Å²) < 4.78 is 0.905. The van der Waals surface area contributed by atoms with E-state index in [4.69, 9.17) is 28.3 Å². The van der Waals surface area contributed by atoms with Crippen molar-refractivity contribution in [3.8, 4) is 0 Å². The van der Waals surface area contributed by atoms with E-state index in [9.17, 15) is 9.59 Å². The lowest BCUT2D eigenvalue weighted by Crippen LogP contribution is -2.08. The van der Waals surface area contributed by atoms with Gasteiger partial charge in [-0.05, 0) is 18.2 Å². The predicted octanol–water partition coefficient (Wildman–Crippen LogP) is 2.72. The van der Waals surface area contributed by atoms with E-state index in [-0.39, 0.29) is 0 Å². The molecular formula is C8H4Cl2O3S. The molecule has 0 saturated heterocycles. The number of ketones is 1. The lowest BCUT2D eigenvalue weighted by molar-refractivity contribution is -0.146. The van der Waals surface area contributed by atoms with Crippen LogP contribution in [0.5, 0.6) is 0 Å². The predicted molar refractivity (Wildman–Crippen MR) is 56.0 cm³/mol. The number of halogens is 2. The van der Waals surface area contributed by atoms with E-state index in [0.717, 1.165) is 17.4 Å². The number of aliphatic carboxylic acids is 1. The van der Waals surface area contributed by atoms with Gasteiger partial charge in [-0.1, -0.05) is 23.2 Å². The SMILES string of the molecule is O=C(O)C(=O)/C=C/c1cc(Cl)sc1Cl. The van der Waals surface area contributed by atoms with Crippen molar-refractivity contribution in [2.24, 2.45) is 0 Å². The van der Waals surface area contributed by atoms with Crippen LogP contribution in [0.15, 0.2) is 12.1 Å². The second-order valence-electron chi connectivity index (χ2n) is 2.28. The Labute approximate surface area is 93.6 Å². The summed E-state index contributed by atoms with van der Waals surface area (Å²) >= 11 is 12.5. The van der Waals surface area contributed by atoms with E-state index in [1.54, 1.807) is 6.07 Å². The van der Waals surface area contributed by atoms with Crippen molar-refractivity contribution in [1.29, 1.82) is 0 Å². The van der Waals surface area contributed by atoms with Crippen LogP contribution in [0.4, 0.5) is 0 Å². The van der Waals surface area contributed by atoms with Crippen LogP contribution in [0.2, 0.25) is 8.67 Å². The first kappa shape index (κ1) is 11.2. The highest BCUT2D eigenvalue weighted by Gasteiger charge is 2.07. The van der Waals surface area contributed by atoms with Crippen molar-refractivity contribution in [3.05, 3.63) is 26.4 Å². The molecule has 1 heterocycles. The van der Waals surface area contributed by atoms with Crippen LogP contribution in [0.25, 0.3) is 6.08 Å². The van der Waals surface area contributed by atoms with Gasteiger partial charge >= 0.3 is 5.97 Å². The van der Waals surface area contributed by atoms with Crippen LogP contribution in [-0.2, 0) is 9.59 Å². The molecule has 0 unspecified atom stereocenters. The maximum Gasteiger partial charge on any atom is 0.376 e. The van der Waals surface area contributed by atoms with E-state index < -0.39 is 11.8 Å². The summed E-state index contributed by atoms with van der Waals surface area (Å²) in [6.45, 7) is 0. The highest BCUT2D eigenvalue weighted by atomic mass is 35.5. The van der Waals surface area contributed by atoms with Gasteiger partial charge in [0.25, 0.3) is 5.78 Å². The largest absolute Gasteiger partial charge is 0.475 e. The zero-order chi connectivity index (χ0) is 10.7. The van der Waals surface area contributed by atoms with Crippen LogP contribution < -0.4 is 0 Å². The number of hydrogen-bond donors (Lipinski definition) is 1. The quantitative estimate of drug-likeness (QED) is 0.663. The minimum absolute atomic E-state index is 0.421. The average molecular weight is 251 g/mol. The van der Waals surface area contributed by atoms with Gasteiger partial charge in [0.15, 0.2) is 0 Å². The highest BCUT2D eigenvalue weighted by molar-refractivity contribution is 7.20. The minimum Gasteiger partial charge on any atom is -0.475 e. The number of carbonyl (C=O) groups is 2. The summed E-state index contributed by atoms with van der Waals surface area (Å²) in [5.74, 6) is -2.50. The number of hydrogen-bond acceptors (Lipinski definition) is 3. The monoisotopic (exact) mass is 250 g/mol. The number of carbonyl (C=O) groups excluding carboxylic acids is 1. The Balaban J connectivity index is 2.83. The van der Waals surface area contributed by atoms with Gasteiger partial charge in [0.2, 0.25) is 0 Å².